The first-order valence-electron chi connectivity index (χ1n) is 5.56. The van der Waals surface area contributed by atoms with Crippen molar-refractivity contribution < 1.29 is 4.39 Å². The topological polar surface area (TPSA) is 56.7 Å². The van der Waals surface area contributed by atoms with Crippen LogP contribution in [0.15, 0.2) is 18.3 Å². The van der Waals surface area contributed by atoms with Gasteiger partial charge in [-0.15, -0.1) is 11.3 Å². The Bertz CT molecular complexity index is 765. The highest BCUT2D eigenvalue weighted by atomic mass is 35.5. The minimum atomic E-state index is -0.481. The first kappa shape index (κ1) is 12.4. The van der Waals surface area contributed by atoms with Crippen LogP contribution in [0.25, 0.3) is 11.0 Å². The summed E-state index contributed by atoms with van der Waals surface area (Å²) < 4.78 is 15.3. The number of rotatable bonds is 2. The third-order valence-corrected chi connectivity index (χ3v) is 3.97. The number of imidazole rings is 1. The van der Waals surface area contributed by atoms with Crippen molar-refractivity contribution in [3.63, 3.8) is 0 Å². The summed E-state index contributed by atoms with van der Waals surface area (Å²) in [6.07, 6.45) is 1.80. The smallest absolute Gasteiger partial charge is 0.201 e. The van der Waals surface area contributed by atoms with Gasteiger partial charge in [-0.1, -0.05) is 11.6 Å². The van der Waals surface area contributed by atoms with E-state index in [9.17, 15) is 4.39 Å². The monoisotopic (exact) mass is 296 g/mol. The van der Waals surface area contributed by atoms with Gasteiger partial charge in [-0.3, -0.25) is 0 Å². The third-order valence-electron chi connectivity index (χ3n) is 2.78. The van der Waals surface area contributed by atoms with Crippen molar-refractivity contribution in [2.45, 2.75) is 13.5 Å². The highest BCUT2D eigenvalue weighted by Crippen LogP contribution is 2.26. The molecular formula is C12H10ClFN4S. The molecule has 3 rings (SSSR count). The average molecular weight is 297 g/mol. The van der Waals surface area contributed by atoms with Gasteiger partial charge in [0.25, 0.3) is 0 Å². The molecule has 1 aromatic carbocycles. The summed E-state index contributed by atoms with van der Waals surface area (Å²) in [5, 5.41) is 0.945. The number of aryl methyl sites for hydroxylation is 1. The van der Waals surface area contributed by atoms with Crippen LogP contribution < -0.4 is 5.73 Å². The summed E-state index contributed by atoms with van der Waals surface area (Å²) in [6.45, 7) is 2.46. The minimum absolute atomic E-state index is 0.0437. The number of hydrogen-bond acceptors (Lipinski definition) is 4. The molecule has 0 radical (unpaired) electrons. The predicted molar refractivity (Wildman–Crippen MR) is 75.1 cm³/mol. The molecule has 0 spiro atoms. The molecular weight excluding hydrogens is 287 g/mol. The summed E-state index contributed by atoms with van der Waals surface area (Å²) in [4.78, 5) is 9.58. The Morgan fingerprint density at radius 2 is 2.26 bits per heavy atom. The van der Waals surface area contributed by atoms with E-state index in [1.54, 1.807) is 22.1 Å². The van der Waals surface area contributed by atoms with Gasteiger partial charge in [0.1, 0.15) is 10.8 Å². The van der Waals surface area contributed by atoms with Crippen LogP contribution in [0.3, 0.4) is 0 Å². The summed E-state index contributed by atoms with van der Waals surface area (Å²) in [5.74, 6) is -0.157. The highest BCUT2D eigenvalue weighted by Gasteiger charge is 2.13. The molecule has 0 saturated carbocycles. The Morgan fingerprint density at radius 3 is 2.95 bits per heavy atom. The molecule has 7 heteroatoms. The third kappa shape index (κ3) is 2.17. The van der Waals surface area contributed by atoms with Gasteiger partial charge in [0.2, 0.25) is 5.95 Å². The lowest BCUT2D eigenvalue weighted by Crippen LogP contribution is -2.04. The number of hydrogen-bond donors (Lipinski definition) is 1. The molecule has 19 heavy (non-hydrogen) atoms. The van der Waals surface area contributed by atoms with Crippen LogP contribution in [0.2, 0.25) is 5.02 Å². The minimum Gasteiger partial charge on any atom is -0.369 e. The lowest BCUT2D eigenvalue weighted by atomic mass is 10.3. The van der Waals surface area contributed by atoms with Crippen molar-refractivity contribution in [1.29, 1.82) is 0 Å². The molecule has 4 nitrogen and oxygen atoms in total. The number of benzene rings is 1. The number of nitrogens with two attached hydrogens (primary N) is 1. The zero-order valence-corrected chi connectivity index (χ0v) is 11.6. The number of halogens is 2. The van der Waals surface area contributed by atoms with Gasteiger partial charge in [0.05, 0.1) is 22.6 Å². The Labute approximate surface area is 117 Å². The summed E-state index contributed by atoms with van der Waals surface area (Å²) in [5.41, 5.74) is 7.07. The first-order valence-corrected chi connectivity index (χ1v) is 6.76. The maximum atomic E-state index is 13.6. The van der Waals surface area contributed by atoms with Gasteiger partial charge in [-0.05, 0) is 13.0 Å². The maximum absolute atomic E-state index is 13.6. The van der Waals surface area contributed by atoms with Gasteiger partial charge in [0, 0.05) is 17.1 Å². The summed E-state index contributed by atoms with van der Waals surface area (Å²) >= 11 is 7.31. The van der Waals surface area contributed by atoms with Crippen LogP contribution in [-0.4, -0.2) is 14.5 Å². The van der Waals surface area contributed by atoms with Crippen LogP contribution in [0, 0.1) is 12.7 Å². The van der Waals surface area contributed by atoms with Crippen molar-refractivity contribution in [2.24, 2.45) is 0 Å². The molecule has 0 aliphatic rings. The van der Waals surface area contributed by atoms with Crippen LogP contribution in [-0.2, 0) is 6.54 Å². The molecule has 0 fully saturated rings. The second-order valence-corrected chi connectivity index (χ2v) is 5.90. The van der Waals surface area contributed by atoms with E-state index in [-0.39, 0.29) is 5.02 Å². The zero-order valence-electron chi connectivity index (χ0n) is 10.0. The van der Waals surface area contributed by atoms with Crippen molar-refractivity contribution >= 4 is 39.9 Å². The molecule has 0 amide bonds. The highest BCUT2D eigenvalue weighted by molar-refractivity contribution is 7.11. The van der Waals surface area contributed by atoms with Gasteiger partial charge in [-0.2, -0.15) is 0 Å². The SMILES string of the molecule is Cc1cnc(Cn2c(N)nc3cc(Cl)c(F)cc32)s1. The van der Waals surface area contributed by atoms with Gasteiger partial charge >= 0.3 is 0 Å². The van der Waals surface area contributed by atoms with E-state index in [0.29, 0.717) is 23.5 Å². The Hall–Kier alpha value is -1.66. The summed E-state index contributed by atoms with van der Waals surface area (Å²) in [7, 11) is 0. The number of fused-ring (bicyclic) bond motifs is 1. The molecule has 0 unspecified atom stereocenters. The van der Waals surface area contributed by atoms with Gasteiger partial charge in [0.15, 0.2) is 0 Å². The average Bonchev–Trinajstić information content (AvgIpc) is 2.87. The van der Waals surface area contributed by atoms with Crippen LogP contribution in [0.5, 0.6) is 0 Å². The first-order chi connectivity index (χ1) is 9.04. The van der Waals surface area contributed by atoms with E-state index in [0.717, 1.165) is 9.88 Å². The van der Waals surface area contributed by atoms with E-state index < -0.39 is 5.82 Å². The molecule has 98 valence electrons. The number of nitrogens with zero attached hydrogens (tertiary/aromatic N) is 3. The molecule has 3 aromatic rings. The Kier molecular flexibility index (Phi) is 2.91. The second kappa shape index (κ2) is 4.47. The van der Waals surface area contributed by atoms with Crippen LogP contribution in [0.4, 0.5) is 10.3 Å². The quantitative estimate of drug-likeness (QED) is 0.790. The number of aromatic nitrogens is 3. The van der Waals surface area contributed by atoms with Crippen molar-refractivity contribution in [3.8, 4) is 0 Å². The number of thiazole rings is 1. The summed E-state index contributed by atoms with van der Waals surface area (Å²) in [6, 6.07) is 2.83. The predicted octanol–water partition coefficient (Wildman–Crippen LogP) is 3.22. The second-order valence-electron chi connectivity index (χ2n) is 4.18. The molecule has 2 heterocycles. The molecule has 0 saturated heterocycles. The lowest BCUT2D eigenvalue weighted by molar-refractivity contribution is 0.629. The van der Waals surface area contributed by atoms with E-state index in [2.05, 4.69) is 9.97 Å². The maximum Gasteiger partial charge on any atom is 0.201 e. The fraction of sp³-hybridized carbons (Fsp3) is 0.167. The molecule has 2 aromatic heterocycles. The van der Waals surface area contributed by atoms with Gasteiger partial charge < -0.3 is 10.3 Å². The Balaban J connectivity index is 2.12. The normalized spacial score (nSPS) is 11.3. The molecule has 2 N–H and O–H groups in total. The van der Waals surface area contributed by atoms with Gasteiger partial charge in [-0.25, -0.2) is 14.4 Å². The van der Waals surface area contributed by atoms with E-state index >= 15 is 0 Å². The zero-order chi connectivity index (χ0) is 13.6. The van der Waals surface area contributed by atoms with Crippen molar-refractivity contribution in [1.82, 2.24) is 14.5 Å². The van der Waals surface area contributed by atoms with Crippen molar-refractivity contribution in [3.05, 3.63) is 39.1 Å². The Morgan fingerprint density at radius 1 is 1.47 bits per heavy atom. The van der Waals surface area contributed by atoms with E-state index in [1.165, 1.54) is 12.1 Å². The molecule has 0 aliphatic carbocycles. The number of nitrogen functional groups attached to an aromatic ring is 1. The molecule has 0 bridgehead atoms. The van der Waals surface area contributed by atoms with Crippen molar-refractivity contribution in [2.75, 3.05) is 5.73 Å². The van der Waals surface area contributed by atoms with E-state index in [1.807, 2.05) is 6.92 Å². The fourth-order valence-electron chi connectivity index (χ4n) is 1.91. The fourth-order valence-corrected chi connectivity index (χ4v) is 2.85. The van der Waals surface area contributed by atoms with E-state index in [4.69, 9.17) is 17.3 Å². The van der Waals surface area contributed by atoms with Crippen LogP contribution >= 0.6 is 22.9 Å². The largest absolute Gasteiger partial charge is 0.369 e. The lowest BCUT2D eigenvalue weighted by Gasteiger charge is -2.04. The standard InChI is InChI=1S/C12H10ClFN4S/c1-6-4-16-11(19-6)5-18-10-3-8(14)7(13)2-9(10)17-12(18)15/h2-4H,5H2,1H3,(H2,15,17). The number of anilines is 1. The van der Waals surface area contributed by atoms with Crippen LogP contribution in [0.1, 0.15) is 9.88 Å². The molecule has 0 aliphatic heterocycles. The molecule has 0 atom stereocenters.